The SMILES string of the molecule is CNCCN1C(=O)c2cccc3c(N)ccc(c23)C1=O. The number of nitrogens with zero attached hydrogens (tertiary/aromatic N) is 1. The highest BCUT2D eigenvalue weighted by Gasteiger charge is 2.32. The summed E-state index contributed by atoms with van der Waals surface area (Å²) in [7, 11) is 1.79. The van der Waals surface area contributed by atoms with Crippen molar-refractivity contribution in [3.05, 3.63) is 41.5 Å². The molecule has 102 valence electrons. The fourth-order valence-electron chi connectivity index (χ4n) is 2.60. The van der Waals surface area contributed by atoms with Crippen LogP contribution in [0.2, 0.25) is 0 Å². The van der Waals surface area contributed by atoms with E-state index in [1.165, 1.54) is 4.90 Å². The Morgan fingerprint density at radius 2 is 1.80 bits per heavy atom. The molecule has 5 heteroatoms. The van der Waals surface area contributed by atoms with Crippen LogP contribution in [0, 0.1) is 0 Å². The van der Waals surface area contributed by atoms with Crippen molar-refractivity contribution < 1.29 is 9.59 Å². The second-order valence-corrected chi connectivity index (χ2v) is 4.80. The van der Waals surface area contributed by atoms with Crippen LogP contribution in [0.3, 0.4) is 0 Å². The predicted octanol–water partition coefficient (Wildman–Crippen LogP) is 1.24. The Balaban J connectivity index is 2.23. The Kier molecular flexibility index (Phi) is 2.91. The van der Waals surface area contributed by atoms with Gasteiger partial charge in [-0.05, 0) is 25.2 Å². The third-order valence-corrected chi connectivity index (χ3v) is 3.61. The number of hydrogen-bond acceptors (Lipinski definition) is 4. The highest BCUT2D eigenvalue weighted by molar-refractivity contribution is 6.26. The Morgan fingerprint density at radius 3 is 2.50 bits per heavy atom. The lowest BCUT2D eigenvalue weighted by Gasteiger charge is -2.27. The van der Waals surface area contributed by atoms with Crippen molar-refractivity contribution in [2.24, 2.45) is 0 Å². The molecule has 2 amide bonds. The molecule has 1 aliphatic rings. The van der Waals surface area contributed by atoms with Crippen LogP contribution in [0.5, 0.6) is 0 Å². The van der Waals surface area contributed by atoms with Crippen LogP contribution in [-0.4, -0.2) is 36.9 Å². The van der Waals surface area contributed by atoms with Gasteiger partial charge in [0.25, 0.3) is 11.8 Å². The van der Waals surface area contributed by atoms with E-state index in [-0.39, 0.29) is 11.8 Å². The zero-order valence-corrected chi connectivity index (χ0v) is 11.1. The Hall–Kier alpha value is -2.40. The van der Waals surface area contributed by atoms with Crippen LogP contribution >= 0.6 is 0 Å². The summed E-state index contributed by atoms with van der Waals surface area (Å²) in [5.74, 6) is -0.511. The number of nitrogens with two attached hydrogens (primary N) is 1. The molecular formula is C15H15N3O2. The van der Waals surface area contributed by atoms with Crippen LogP contribution in [-0.2, 0) is 0 Å². The van der Waals surface area contributed by atoms with Gasteiger partial charge in [-0.2, -0.15) is 0 Å². The van der Waals surface area contributed by atoms with Crippen molar-refractivity contribution in [1.82, 2.24) is 10.2 Å². The smallest absolute Gasteiger partial charge is 0.261 e. The topological polar surface area (TPSA) is 75.4 Å². The van der Waals surface area contributed by atoms with Gasteiger partial charge in [0.2, 0.25) is 0 Å². The maximum Gasteiger partial charge on any atom is 0.261 e. The average Bonchev–Trinajstić information content (AvgIpc) is 2.46. The number of hydrogen-bond donors (Lipinski definition) is 2. The van der Waals surface area contributed by atoms with E-state index >= 15 is 0 Å². The molecule has 0 spiro atoms. The Morgan fingerprint density at radius 1 is 1.10 bits per heavy atom. The number of carbonyl (C=O) groups is 2. The van der Waals surface area contributed by atoms with Crippen molar-refractivity contribution in [2.45, 2.75) is 0 Å². The van der Waals surface area contributed by atoms with Gasteiger partial charge in [0, 0.05) is 40.7 Å². The number of carbonyl (C=O) groups excluding carboxylic acids is 2. The molecule has 5 nitrogen and oxygen atoms in total. The normalized spacial score (nSPS) is 14.2. The number of nitrogen functional groups attached to an aromatic ring is 1. The summed E-state index contributed by atoms with van der Waals surface area (Å²) in [6.07, 6.45) is 0. The molecule has 0 fully saturated rings. The van der Waals surface area contributed by atoms with Gasteiger partial charge in [-0.15, -0.1) is 0 Å². The summed E-state index contributed by atoms with van der Waals surface area (Å²) in [4.78, 5) is 26.2. The van der Waals surface area contributed by atoms with Crippen molar-refractivity contribution in [3.8, 4) is 0 Å². The molecule has 0 saturated heterocycles. The van der Waals surface area contributed by atoms with E-state index in [1.54, 1.807) is 31.3 Å². The molecular weight excluding hydrogens is 254 g/mol. The fourth-order valence-corrected chi connectivity index (χ4v) is 2.60. The van der Waals surface area contributed by atoms with Gasteiger partial charge in [-0.1, -0.05) is 12.1 Å². The lowest BCUT2D eigenvalue weighted by Crippen LogP contribution is -2.43. The first-order chi connectivity index (χ1) is 9.65. The molecule has 3 N–H and O–H groups in total. The van der Waals surface area contributed by atoms with Gasteiger partial charge in [-0.25, -0.2) is 0 Å². The number of likely N-dealkylation sites (N-methyl/N-ethyl adjacent to an activating group) is 1. The minimum atomic E-state index is -0.256. The van der Waals surface area contributed by atoms with Gasteiger partial charge in [0.1, 0.15) is 0 Å². The van der Waals surface area contributed by atoms with E-state index in [4.69, 9.17) is 5.73 Å². The minimum absolute atomic E-state index is 0.256. The Labute approximate surface area is 116 Å². The highest BCUT2D eigenvalue weighted by Crippen LogP contribution is 2.32. The molecule has 0 unspecified atom stereocenters. The first-order valence-electron chi connectivity index (χ1n) is 6.47. The first kappa shape index (κ1) is 12.6. The zero-order valence-electron chi connectivity index (χ0n) is 11.1. The summed E-state index contributed by atoms with van der Waals surface area (Å²) >= 11 is 0. The van der Waals surface area contributed by atoms with E-state index in [9.17, 15) is 9.59 Å². The van der Waals surface area contributed by atoms with Gasteiger partial charge in [-0.3, -0.25) is 14.5 Å². The molecule has 0 aromatic heterocycles. The zero-order chi connectivity index (χ0) is 14.3. The summed E-state index contributed by atoms with van der Waals surface area (Å²) in [6, 6.07) is 8.78. The van der Waals surface area contributed by atoms with Crippen LogP contribution in [0.25, 0.3) is 10.8 Å². The third-order valence-electron chi connectivity index (χ3n) is 3.61. The van der Waals surface area contributed by atoms with E-state index in [0.29, 0.717) is 35.3 Å². The summed E-state index contributed by atoms with van der Waals surface area (Å²) in [5, 5.41) is 4.38. The standard InChI is InChI=1S/C15H15N3O2/c1-17-7-8-18-14(19)10-4-2-3-9-12(16)6-5-11(13(9)10)15(18)20/h2-6,17H,7-8,16H2,1H3. The lowest BCUT2D eigenvalue weighted by atomic mass is 9.93. The van der Waals surface area contributed by atoms with Crippen molar-refractivity contribution in [1.29, 1.82) is 0 Å². The molecule has 2 aromatic carbocycles. The molecule has 2 aromatic rings. The predicted molar refractivity (Wildman–Crippen MR) is 77.7 cm³/mol. The number of anilines is 1. The second-order valence-electron chi connectivity index (χ2n) is 4.80. The first-order valence-corrected chi connectivity index (χ1v) is 6.47. The van der Waals surface area contributed by atoms with Gasteiger partial charge < -0.3 is 11.1 Å². The quantitative estimate of drug-likeness (QED) is 0.649. The maximum atomic E-state index is 12.5. The number of nitrogens with one attached hydrogen (secondary N) is 1. The maximum absolute atomic E-state index is 12.5. The minimum Gasteiger partial charge on any atom is -0.398 e. The van der Waals surface area contributed by atoms with E-state index in [0.717, 1.165) is 5.39 Å². The van der Waals surface area contributed by atoms with E-state index in [1.807, 2.05) is 6.07 Å². The summed E-state index contributed by atoms with van der Waals surface area (Å²) in [5.41, 5.74) is 7.60. The molecule has 1 heterocycles. The molecule has 0 atom stereocenters. The Bertz CT molecular complexity index is 702. The molecule has 3 rings (SSSR count). The van der Waals surface area contributed by atoms with Crippen molar-refractivity contribution in [3.63, 3.8) is 0 Å². The molecule has 0 bridgehead atoms. The van der Waals surface area contributed by atoms with Crippen molar-refractivity contribution >= 4 is 28.3 Å². The monoisotopic (exact) mass is 269 g/mol. The van der Waals surface area contributed by atoms with Gasteiger partial charge in [0.15, 0.2) is 0 Å². The van der Waals surface area contributed by atoms with Gasteiger partial charge in [0.05, 0.1) is 0 Å². The molecule has 1 aliphatic heterocycles. The molecule has 0 aliphatic carbocycles. The lowest BCUT2D eigenvalue weighted by molar-refractivity contribution is 0.0613. The fraction of sp³-hybridized carbons (Fsp3) is 0.200. The molecule has 0 saturated carbocycles. The van der Waals surface area contributed by atoms with Crippen LogP contribution in [0.15, 0.2) is 30.3 Å². The average molecular weight is 269 g/mol. The third kappa shape index (κ3) is 1.67. The van der Waals surface area contributed by atoms with Crippen LogP contribution < -0.4 is 11.1 Å². The number of benzene rings is 2. The highest BCUT2D eigenvalue weighted by atomic mass is 16.2. The largest absolute Gasteiger partial charge is 0.398 e. The van der Waals surface area contributed by atoms with Crippen molar-refractivity contribution in [2.75, 3.05) is 25.9 Å². The van der Waals surface area contributed by atoms with E-state index in [2.05, 4.69) is 5.32 Å². The number of imide groups is 1. The summed E-state index contributed by atoms with van der Waals surface area (Å²) < 4.78 is 0. The molecule has 20 heavy (non-hydrogen) atoms. The van der Waals surface area contributed by atoms with E-state index < -0.39 is 0 Å². The molecule has 0 radical (unpaired) electrons. The van der Waals surface area contributed by atoms with Gasteiger partial charge >= 0.3 is 0 Å². The second kappa shape index (κ2) is 4.61. The number of rotatable bonds is 3. The van der Waals surface area contributed by atoms with Crippen LogP contribution in [0.4, 0.5) is 5.69 Å². The summed E-state index contributed by atoms with van der Waals surface area (Å²) in [6.45, 7) is 0.923. The van der Waals surface area contributed by atoms with Crippen LogP contribution in [0.1, 0.15) is 20.7 Å². The number of amides is 2.